The van der Waals surface area contributed by atoms with Gasteiger partial charge in [-0.15, -0.1) is 0 Å². The molecule has 0 spiro atoms. The van der Waals surface area contributed by atoms with Crippen molar-refractivity contribution in [1.29, 1.82) is 0 Å². The van der Waals surface area contributed by atoms with Crippen molar-refractivity contribution in [3.63, 3.8) is 0 Å². The second-order valence-corrected chi connectivity index (χ2v) is 4.96. The number of benzene rings is 1. The Morgan fingerprint density at radius 3 is 2.90 bits per heavy atom. The normalized spacial score (nSPS) is 14.5. The van der Waals surface area contributed by atoms with E-state index in [1.165, 1.54) is 30.9 Å². The summed E-state index contributed by atoms with van der Waals surface area (Å²) in [6.45, 7) is 0.575. The first-order valence-corrected chi connectivity index (χ1v) is 7.11. The van der Waals surface area contributed by atoms with Crippen molar-refractivity contribution in [2.75, 3.05) is 13.2 Å². The third-order valence-electron chi connectivity index (χ3n) is 3.38. The minimum atomic E-state index is -0.162. The fourth-order valence-corrected chi connectivity index (χ4v) is 2.27. The molecule has 0 radical (unpaired) electrons. The summed E-state index contributed by atoms with van der Waals surface area (Å²) in [5.41, 5.74) is 1.44. The standard InChI is InChI=1S/C16H21NO3/c18-14-8-4-5-9-15(14)20-12-16(19)17-11-10-13-6-2-1-3-7-13/h4-6,8-9,18H,1-3,7,10-12H2,(H,17,19). The zero-order valence-corrected chi connectivity index (χ0v) is 11.6. The highest BCUT2D eigenvalue weighted by Gasteiger charge is 2.07. The van der Waals surface area contributed by atoms with Crippen LogP contribution in [-0.2, 0) is 4.79 Å². The highest BCUT2D eigenvalue weighted by molar-refractivity contribution is 5.77. The lowest BCUT2D eigenvalue weighted by Crippen LogP contribution is -2.30. The van der Waals surface area contributed by atoms with E-state index in [1.807, 2.05) is 0 Å². The van der Waals surface area contributed by atoms with Crippen LogP contribution in [0.1, 0.15) is 32.1 Å². The second kappa shape index (κ2) is 7.58. The summed E-state index contributed by atoms with van der Waals surface area (Å²) in [5.74, 6) is 0.218. The lowest BCUT2D eigenvalue weighted by atomic mass is 9.97. The first-order chi connectivity index (χ1) is 9.75. The molecule has 4 nitrogen and oxygen atoms in total. The van der Waals surface area contributed by atoms with E-state index in [0.29, 0.717) is 12.3 Å². The number of para-hydroxylation sites is 2. The van der Waals surface area contributed by atoms with E-state index in [-0.39, 0.29) is 18.3 Å². The average molecular weight is 275 g/mol. The van der Waals surface area contributed by atoms with Gasteiger partial charge in [0.05, 0.1) is 0 Å². The predicted octanol–water partition coefficient (Wildman–Crippen LogP) is 2.78. The monoisotopic (exact) mass is 275 g/mol. The summed E-state index contributed by atoms with van der Waals surface area (Å²) in [4.78, 5) is 11.6. The van der Waals surface area contributed by atoms with E-state index < -0.39 is 0 Å². The molecule has 20 heavy (non-hydrogen) atoms. The molecular formula is C16H21NO3. The smallest absolute Gasteiger partial charge is 0.257 e. The van der Waals surface area contributed by atoms with E-state index in [9.17, 15) is 9.90 Å². The molecule has 1 aromatic carbocycles. The number of hydrogen-bond acceptors (Lipinski definition) is 3. The van der Waals surface area contributed by atoms with Crippen molar-refractivity contribution >= 4 is 5.91 Å². The minimum absolute atomic E-state index is 0.0488. The van der Waals surface area contributed by atoms with Crippen molar-refractivity contribution in [3.05, 3.63) is 35.9 Å². The van der Waals surface area contributed by atoms with Gasteiger partial charge in [0.15, 0.2) is 18.1 Å². The maximum Gasteiger partial charge on any atom is 0.257 e. The van der Waals surface area contributed by atoms with Gasteiger partial charge in [0.1, 0.15) is 0 Å². The van der Waals surface area contributed by atoms with Crippen LogP contribution in [0.5, 0.6) is 11.5 Å². The lowest BCUT2D eigenvalue weighted by molar-refractivity contribution is -0.123. The number of carbonyl (C=O) groups is 1. The van der Waals surface area contributed by atoms with E-state index in [1.54, 1.807) is 18.2 Å². The molecule has 4 heteroatoms. The minimum Gasteiger partial charge on any atom is -0.504 e. The number of nitrogens with one attached hydrogen (secondary N) is 1. The van der Waals surface area contributed by atoms with Crippen molar-refractivity contribution in [2.24, 2.45) is 0 Å². The fourth-order valence-electron chi connectivity index (χ4n) is 2.27. The van der Waals surface area contributed by atoms with Crippen LogP contribution in [0.25, 0.3) is 0 Å². The van der Waals surface area contributed by atoms with Crippen LogP contribution in [0.3, 0.4) is 0 Å². The Morgan fingerprint density at radius 2 is 2.15 bits per heavy atom. The van der Waals surface area contributed by atoms with Gasteiger partial charge >= 0.3 is 0 Å². The molecule has 0 saturated heterocycles. The van der Waals surface area contributed by atoms with Crippen LogP contribution < -0.4 is 10.1 Å². The predicted molar refractivity (Wildman–Crippen MR) is 77.8 cm³/mol. The summed E-state index contributed by atoms with van der Waals surface area (Å²) in [6, 6.07) is 6.63. The van der Waals surface area contributed by atoms with Crippen molar-refractivity contribution in [1.82, 2.24) is 5.32 Å². The Bertz CT molecular complexity index is 482. The zero-order chi connectivity index (χ0) is 14.2. The molecule has 0 unspecified atom stereocenters. The molecule has 0 atom stereocenters. The third kappa shape index (κ3) is 4.61. The van der Waals surface area contributed by atoms with Crippen LogP contribution in [-0.4, -0.2) is 24.2 Å². The number of hydrogen-bond donors (Lipinski definition) is 2. The molecule has 0 aromatic heterocycles. The zero-order valence-electron chi connectivity index (χ0n) is 11.6. The molecule has 108 valence electrons. The van der Waals surface area contributed by atoms with Gasteiger partial charge in [-0.2, -0.15) is 0 Å². The summed E-state index contributed by atoms with van der Waals surface area (Å²) in [7, 11) is 0. The van der Waals surface area contributed by atoms with Gasteiger partial charge < -0.3 is 15.2 Å². The van der Waals surface area contributed by atoms with Crippen molar-refractivity contribution < 1.29 is 14.6 Å². The molecule has 1 amide bonds. The number of phenolic OH excluding ortho intramolecular Hbond substituents is 1. The highest BCUT2D eigenvalue weighted by Crippen LogP contribution is 2.24. The number of allylic oxidation sites excluding steroid dienone is 1. The summed E-state index contributed by atoms with van der Waals surface area (Å²) in [6.07, 6.45) is 8.07. The first-order valence-electron chi connectivity index (χ1n) is 7.11. The fraction of sp³-hybridized carbons (Fsp3) is 0.438. The molecular weight excluding hydrogens is 254 g/mol. The van der Waals surface area contributed by atoms with E-state index in [4.69, 9.17) is 4.74 Å². The highest BCUT2D eigenvalue weighted by atomic mass is 16.5. The number of phenols is 1. The van der Waals surface area contributed by atoms with Gasteiger partial charge in [-0.05, 0) is 44.2 Å². The molecule has 0 aliphatic heterocycles. The van der Waals surface area contributed by atoms with Gasteiger partial charge in [0.25, 0.3) is 5.91 Å². The number of rotatable bonds is 6. The maximum absolute atomic E-state index is 11.6. The Balaban J connectivity index is 1.65. The number of carbonyl (C=O) groups excluding carboxylic acids is 1. The van der Waals surface area contributed by atoms with Crippen LogP contribution in [0.2, 0.25) is 0 Å². The van der Waals surface area contributed by atoms with Crippen molar-refractivity contribution in [3.8, 4) is 11.5 Å². The Kier molecular flexibility index (Phi) is 5.47. The molecule has 1 aromatic rings. The van der Waals surface area contributed by atoms with Crippen LogP contribution in [0.15, 0.2) is 35.9 Å². The van der Waals surface area contributed by atoms with Gasteiger partial charge in [0.2, 0.25) is 0 Å². The van der Waals surface area contributed by atoms with Crippen LogP contribution in [0, 0.1) is 0 Å². The largest absolute Gasteiger partial charge is 0.504 e. The molecule has 2 rings (SSSR count). The SMILES string of the molecule is O=C(COc1ccccc1O)NCCC1=CCCCC1. The maximum atomic E-state index is 11.6. The third-order valence-corrected chi connectivity index (χ3v) is 3.38. The molecule has 0 fully saturated rings. The second-order valence-electron chi connectivity index (χ2n) is 4.96. The van der Waals surface area contributed by atoms with Crippen LogP contribution in [0.4, 0.5) is 0 Å². The van der Waals surface area contributed by atoms with Gasteiger partial charge in [0, 0.05) is 6.54 Å². The van der Waals surface area contributed by atoms with Gasteiger partial charge in [-0.3, -0.25) is 4.79 Å². The van der Waals surface area contributed by atoms with Gasteiger partial charge in [-0.25, -0.2) is 0 Å². The summed E-state index contributed by atoms with van der Waals surface area (Å²) >= 11 is 0. The molecule has 2 N–H and O–H groups in total. The molecule has 0 heterocycles. The van der Waals surface area contributed by atoms with E-state index in [2.05, 4.69) is 11.4 Å². The van der Waals surface area contributed by atoms with E-state index >= 15 is 0 Å². The van der Waals surface area contributed by atoms with Gasteiger partial charge in [-0.1, -0.05) is 23.8 Å². The van der Waals surface area contributed by atoms with Crippen LogP contribution >= 0.6 is 0 Å². The number of aromatic hydroxyl groups is 1. The molecule has 1 aliphatic rings. The average Bonchev–Trinajstić information content (AvgIpc) is 2.47. The lowest BCUT2D eigenvalue weighted by Gasteiger charge is -2.13. The Hall–Kier alpha value is -1.97. The molecule has 0 saturated carbocycles. The molecule has 0 bridgehead atoms. The summed E-state index contributed by atoms with van der Waals surface area (Å²) < 4.78 is 5.26. The Labute approximate surface area is 119 Å². The number of amides is 1. The summed E-state index contributed by atoms with van der Waals surface area (Å²) in [5, 5.41) is 12.3. The Morgan fingerprint density at radius 1 is 1.30 bits per heavy atom. The first kappa shape index (κ1) is 14.4. The van der Waals surface area contributed by atoms with E-state index in [0.717, 1.165) is 12.8 Å². The van der Waals surface area contributed by atoms with Crippen molar-refractivity contribution in [2.45, 2.75) is 32.1 Å². The topological polar surface area (TPSA) is 58.6 Å². The quantitative estimate of drug-likeness (QED) is 0.785. The number of ether oxygens (including phenoxy) is 1. The molecule has 1 aliphatic carbocycles.